The third kappa shape index (κ3) is 23.3. The lowest BCUT2D eigenvalue weighted by molar-refractivity contribution is 0.0109. The Balaban J connectivity index is 4.62. The molecule has 212 valence electrons. The summed E-state index contributed by atoms with van der Waals surface area (Å²) in [6, 6.07) is -0.143. The molecule has 3 atom stereocenters. The Morgan fingerprint density at radius 3 is 1.31 bits per heavy atom. The molecule has 2 N–H and O–H groups in total. The first-order valence-electron chi connectivity index (χ1n) is 14.8. The topological polar surface area (TPSA) is 53.7 Å². The average Bonchev–Trinajstić information content (AvgIpc) is 2.67. The monoisotopic (exact) mass is 547 g/mol. The smallest absolute Gasteiger partial charge is 0.184 e. The predicted octanol–water partition coefficient (Wildman–Crippen LogP) is 8.94. The van der Waals surface area contributed by atoms with Crippen LogP contribution < -0.4 is 5.73 Å². The average molecular weight is 548 g/mol. The lowest BCUT2D eigenvalue weighted by atomic mass is 9.99. The summed E-state index contributed by atoms with van der Waals surface area (Å²) < 4.78 is 19.6. The Hall–Kier alpha value is 0.491. The lowest BCUT2D eigenvalue weighted by Gasteiger charge is -2.39. The zero-order valence-electron chi connectivity index (χ0n) is 25.8. The highest BCUT2D eigenvalue weighted by atomic mass is 28.4. The van der Waals surface area contributed by atoms with Crippen molar-refractivity contribution in [2.24, 2.45) is 11.7 Å². The zero-order valence-corrected chi connectivity index (χ0v) is 28.8. The zero-order chi connectivity index (χ0) is 27.1. The van der Waals surface area contributed by atoms with E-state index in [-0.39, 0.29) is 18.2 Å². The van der Waals surface area contributed by atoms with Crippen molar-refractivity contribution in [2.75, 3.05) is 6.61 Å². The number of hydrogen-bond acceptors (Lipinski definition) is 4. The highest BCUT2D eigenvalue weighted by Crippen LogP contribution is 2.24. The number of rotatable bonds is 22. The highest BCUT2D eigenvalue weighted by Gasteiger charge is 2.36. The van der Waals surface area contributed by atoms with E-state index in [1.807, 2.05) is 0 Å². The second-order valence-corrected chi connectivity index (χ2v) is 27.5. The minimum atomic E-state index is -1.77. The molecule has 0 radical (unpaired) electrons. The van der Waals surface area contributed by atoms with Gasteiger partial charge in [0.05, 0.1) is 24.9 Å². The van der Waals surface area contributed by atoms with Crippen LogP contribution in [0.4, 0.5) is 0 Å². The fraction of sp³-hybridized carbons (Fsp3) is 1.00. The molecule has 0 saturated carbocycles. The summed E-state index contributed by atoms with van der Waals surface area (Å²) in [5, 5.41) is 0. The summed E-state index contributed by atoms with van der Waals surface area (Å²) in [6.45, 7) is 25.5. The van der Waals surface area contributed by atoms with Gasteiger partial charge < -0.3 is 19.0 Å². The first-order valence-corrected chi connectivity index (χ1v) is 25.0. The molecule has 0 aliphatic heterocycles. The Kier molecular flexibility index (Phi) is 18.1. The predicted molar refractivity (Wildman–Crippen MR) is 164 cm³/mol. The molecule has 0 fully saturated rings. The molecule has 0 rings (SSSR count). The largest absolute Gasteiger partial charge is 0.416 e. The molecular formula is C28H65NO3Si3. The summed E-state index contributed by atoms with van der Waals surface area (Å²) in [5.41, 5.74) is 6.73. The molecule has 0 aliphatic carbocycles. The van der Waals surface area contributed by atoms with Crippen molar-refractivity contribution in [2.45, 2.75) is 168 Å². The Morgan fingerprint density at radius 1 is 0.543 bits per heavy atom. The van der Waals surface area contributed by atoms with E-state index in [1.54, 1.807) is 0 Å². The Morgan fingerprint density at radius 2 is 0.943 bits per heavy atom. The highest BCUT2D eigenvalue weighted by molar-refractivity contribution is 6.70. The van der Waals surface area contributed by atoms with Crippen LogP contribution >= 0.6 is 0 Å². The van der Waals surface area contributed by atoms with Crippen LogP contribution in [0.1, 0.15) is 90.9 Å². The van der Waals surface area contributed by atoms with Gasteiger partial charge in [0.2, 0.25) is 0 Å². The molecule has 7 heteroatoms. The molecule has 0 aromatic heterocycles. The second kappa shape index (κ2) is 17.9. The van der Waals surface area contributed by atoms with Crippen molar-refractivity contribution in [3.8, 4) is 0 Å². The molecule has 0 saturated heterocycles. The number of unbranched alkanes of at least 4 members (excludes halogenated alkanes) is 9. The minimum absolute atomic E-state index is 0.0689. The first-order chi connectivity index (χ1) is 16.0. The van der Waals surface area contributed by atoms with E-state index in [4.69, 9.17) is 19.0 Å². The van der Waals surface area contributed by atoms with Gasteiger partial charge in [0.1, 0.15) is 0 Å². The molecule has 35 heavy (non-hydrogen) atoms. The third-order valence-corrected chi connectivity index (χ3v) is 9.03. The van der Waals surface area contributed by atoms with Gasteiger partial charge in [-0.15, -0.1) is 0 Å². The maximum atomic E-state index is 6.73. The number of nitrogens with two attached hydrogens (primary N) is 1. The summed E-state index contributed by atoms with van der Waals surface area (Å²) in [6.07, 6.45) is 16.0. The SMILES string of the molecule is CC(C)CCCCCCCCCCCC[C@@H](O[Si](C)(C)C)[C@@H](O[Si](C)(C)C)[C@@H](N)CO[Si](C)(C)C. The maximum Gasteiger partial charge on any atom is 0.184 e. The van der Waals surface area contributed by atoms with E-state index in [2.05, 4.69) is 72.8 Å². The standard InChI is InChI=1S/C28H65NO3Si3/c1-25(2)22-20-18-16-14-12-13-15-17-19-21-23-27(31-34(6,7)8)28(32-35(9,10)11)26(29)24-30-33(3,4)5/h25-28H,12-24,29H2,1-11H3/t26-,27+,28-/m0/s1. The van der Waals surface area contributed by atoms with Crippen molar-refractivity contribution >= 4 is 25.0 Å². The summed E-state index contributed by atoms with van der Waals surface area (Å²) in [7, 11) is -5.12. The van der Waals surface area contributed by atoms with E-state index >= 15 is 0 Å². The molecule has 0 unspecified atom stereocenters. The fourth-order valence-electron chi connectivity index (χ4n) is 4.35. The van der Waals surface area contributed by atoms with E-state index in [1.165, 1.54) is 70.6 Å². The molecule has 4 nitrogen and oxygen atoms in total. The molecule has 0 aliphatic rings. The van der Waals surface area contributed by atoms with Crippen LogP contribution in [0, 0.1) is 5.92 Å². The van der Waals surface area contributed by atoms with Crippen LogP contribution in [0.25, 0.3) is 0 Å². The third-order valence-electron chi connectivity index (χ3n) is 6.01. The normalized spacial score (nSPS) is 16.0. The van der Waals surface area contributed by atoms with Crippen LogP contribution in [-0.4, -0.2) is 49.8 Å². The van der Waals surface area contributed by atoms with Crippen LogP contribution in [0.2, 0.25) is 58.9 Å². The van der Waals surface area contributed by atoms with Crippen molar-refractivity contribution < 1.29 is 13.3 Å². The van der Waals surface area contributed by atoms with Crippen LogP contribution in [0.3, 0.4) is 0 Å². The molecule has 0 spiro atoms. The van der Waals surface area contributed by atoms with Gasteiger partial charge in [-0.25, -0.2) is 0 Å². The molecular weight excluding hydrogens is 483 g/mol. The van der Waals surface area contributed by atoms with Crippen LogP contribution in [-0.2, 0) is 13.3 Å². The lowest BCUT2D eigenvalue weighted by Crippen LogP contribution is -2.55. The van der Waals surface area contributed by atoms with E-state index in [0.29, 0.717) is 6.61 Å². The van der Waals surface area contributed by atoms with Gasteiger partial charge in [-0.1, -0.05) is 84.5 Å². The van der Waals surface area contributed by atoms with Gasteiger partial charge in [0.15, 0.2) is 25.0 Å². The van der Waals surface area contributed by atoms with Gasteiger partial charge in [0.25, 0.3) is 0 Å². The molecule has 0 bridgehead atoms. The fourth-order valence-corrected chi connectivity index (χ4v) is 7.34. The van der Waals surface area contributed by atoms with Gasteiger partial charge in [-0.05, 0) is 71.3 Å². The van der Waals surface area contributed by atoms with Gasteiger partial charge in [-0.2, -0.15) is 0 Å². The minimum Gasteiger partial charge on any atom is -0.416 e. The van der Waals surface area contributed by atoms with E-state index in [0.717, 1.165) is 12.3 Å². The van der Waals surface area contributed by atoms with Crippen molar-refractivity contribution in [1.29, 1.82) is 0 Å². The molecule has 0 heterocycles. The van der Waals surface area contributed by atoms with Crippen molar-refractivity contribution in [3.63, 3.8) is 0 Å². The van der Waals surface area contributed by atoms with Crippen LogP contribution in [0.15, 0.2) is 0 Å². The first kappa shape index (κ1) is 35.5. The Labute approximate surface area is 224 Å². The molecule has 0 aromatic carbocycles. The van der Waals surface area contributed by atoms with Crippen LogP contribution in [0.5, 0.6) is 0 Å². The summed E-state index contributed by atoms with van der Waals surface area (Å²) in [5.74, 6) is 0.859. The Bertz CT molecular complexity index is 513. The molecule has 0 aromatic rings. The summed E-state index contributed by atoms with van der Waals surface area (Å²) in [4.78, 5) is 0. The van der Waals surface area contributed by atoms with Gasteiger partial charge in [0, 0.05) is 0 Å². The van der Waals surface area contributed by atoms with E-state index < -0.39 is 25.0 Å². The maximum absolute atomic E-state index is 6.73. The van der Waals surface area contributed by atoms with E-state index in [9.17, 15) is 0 Å². The quantitative estimate of drug-likeness (QED) is 0.108. The van der Waals surface area contributed by atoms with Gasteiger partial charge >= 0.3 is 0 Å². The van der Waals surface area contributed by atoms with Crippen molar-refractivity contribution in [1.82, 2.24) is 0 Å². The van der Waals surface area contributed by atoms with Gasteiger partial charge in [-0.3, -0.25) is 0 Å². The summed E-state index contributed by atoms with van der Waals surface area (Å²) >= 11 is 0. The van der Waals surface area contributed by atoms with Crippen molar-refractivity contribution in [3.05, 3.63) is 0 Å². The number of hydrogen-bond donors (Lipinski definition) is 1. The molecule has 0 amide bonds. The second-order valence-electron chi connectivity index (χ2n) is 14.1.